The van der Waals surface area contributed by atoms with Gasteiger partial charge in [0.2, 0.25) is 0 Å². The van der Waals surface area contributed by atoms with E-state index in [4.69, 9.17) is 0 Å². The summed E-state index contributed by atoms with van der Waals surface area (Å²) in [7, 11) is -8.30. The first-order chi connectivity index (χ1) is 13.6. The van der Waals surface area contributed by atoms with Gasteiger partial charge < -0.3 is 0 Å². The predicted octanol–water partition coefficient (Wildman–Crippen LogP) is 3.74. The first-order valence-electron chi connectivity index (χ1n) is 9.79. The number of rotatable bonds is 6. The third-order valence-electron chi connectivity index (χ3n) is 5.66. The van der Waals surface area contributed by atoms with E-state index in [2.05, 4.69) is 12.2 Å². The first kappa shape index (κ1) is 22.0. The molecule has 2 atom stereocenters. The molecule has 0 spiro atoms. The molecule has 29 heavy (non-hydrogen) atoms. The average molecular weight is 438 g/mol. The summed E-state index contributed by atoms with van der Waals surface area (Å²) < 4.78 is 59.5. The highest BCUT2D eigenvalue weighted by Crippen LogP contribution is 2.38. The van der Waals surface area contributed by atoms with Crippen LogP contribution in [0.5, 0.6) is 0 Å². The number of hydrogen-bond acceptors (Lipinski definition) is 5. The van der Waals surface area contributed by atoms with Crippen LogP contribution in [0.25, 0.3) is 0 Å². The van der Waals surface area contributed by atoms with Crippen LogP contribution in [-0.2, 0) is 20.0 Å². The number of sulfone groups is 1. The molecule has 0 aliphatic carbocycles. The summed E-state index contributed by atoms with van der Waals surface area (Å²) in [6.07, 6.45) is 3.14. The van der Waals surface area contributed by atoms with E-state index in [-0.39, 0.29) is 10.6 Å². The Morgan fingerprint density at radius 3 is 2.41 bits per heavy atom. The summed E-state index contributed by atoms with van der Waals surface area (Å²) in [4.78, 5) is -0.454. The van der Waals surface area contributed by atoms with Crippen molar-refractivity contribution < 1.29 is 21.4 Å². The highest BCUT2D eigenvalue weighted by molar-refractivity contribution is 7.91. The van der Waals surface area contributed by atoms with Crippen LogP contribution in [0.2, 0.25) is 0 Å². The quantitative estimate of drug-likeness (QED) is 0.668. The van der Waals surface area contributed by atoms with Crippen molar-refractivity contribution in [3.8, 4) is 0 Å². The fourth-order valence-electron chi connectivity index (χ4n) is 4.00. The number of unbranched alkanes of at least 4 members (excludes halogenated alkanes) is 1. The summed E-state index contributed by atoms with van der Waals surface area (Å²) in [5, 5.41) is 3.61. The minimum atomic E-state index is -4.51. The summed E-state index contributed by atoms with van der Waals surface area (Å²) >= 11 is 0. The topological polar surface area (TPSA) is 101 Å². The standard InChI is InChI=1S/C21H27NO5S2/c1-3-5-13-21(4-2)15-28(23,24)19-14-17(29(25,26)27)11-12-18(19)20(22-21)16-9-7-6-8-10-16/h6-12,14,20,22H,3-5,13,15H2,1-2H3,(H,25,26,27)/t20-,21+/m0/s1. The molecule has 0 radical (unpaired) electrons. The summed E-state index contributed by atoms with van der Waals surface area (Å²) in [5.41, 5.74) is 0.766. The zero-order valence-electron chi connectivity index (χ0n) is 16.6. The Hall–Kier alpha value is -1.74. The van der Waals surface area contributed by atoms with Gasteiger partial charge in [-0.3, -0.25) is 9.87 Å². The van der Waals surface area contributed by atoms with Crippen molar-refractivity contribution in [3.05, 3.63) is 59.7 Å². The molecule has 2 aromatic carbocycles. The lowest BCUT2D eigenvalue weighted by Crippen LogP contribution is -2.50. The van der Waals surface area contributed by atoms with Gasteiger partial charge in [0.25, 0.3) is 10.1 Å². The average Bonchev–Trinajstić information content (AvgIpc) is 2.79. The Morgan fingerprint density at radius 1 is 1.14 bits per heavy atom. The van der Waals surface area contributed by atoms with E-state index in [1.165, 1.54) is 12.1 Å². The lowest BCUT2D eigenvalue weighted by Gasteiger charge is -2.35. The molecule has 0 unspecified atom stereocenters. The smallest absolute Gasteiger partial charge is 0.294 e. The minimum absolute atomic E-state index is 0.0409. The van der Waals surface area contributed by atoms with Crippen LogP contribution >= 0.6 is 0 Å². The maximum absolute atomic E-state index is 13.4. The molecular formula is C21H27NO5S2. The Kier molecular flexibility index (Phi) is 6.19. The molecule has 1 heterocycles. The summed E-state index contributed by atoms with van der Waals surface area (Å²) in [6.45, 7) is 4.04. The Balaban J connectivity index is 2.26. The van der Waals surface area contributed by atoms with Gasteiger partial charge in [0, 0.05) is 5.54 Å². The molecule has 1 aliphatic heterocycles. The van der Waals surface area contributed by atoms with Gasteiger partial charge in [-0.1, -0.05) is 63.1 Å². The molecule has 1 aliphatic rings. The zero-order valence-corrected chi connectivity index (χ0v) is 18.3. The molecule has 0 bridgehead atoms. The Bertz CT molecular complexity index is 1080. The monoisotopic (exact) mass is 437 g/mol. The van der Waals surface area contributed by atoms with Crippen LogP contribution in [-0.4, -0.2) is 32.7 Å². The fraction of sp³-hybridized carbons (Fsp3) is 0.429. The second-order valence-electron chi connectivity index (χ2n) is 7.66. The summed E-state index contributed by atoms with van der Waals surface area (Å²) in [6, 6.07) is 13.0. The van der Waals surface area contributed by atoms with Crippen LogP contribution in [0.4, 0.5) is 0 Å². The molecule has 6 nitrogen and oxygen atoms in total. The minimum Gasteiger partial charge on any atom is -0.300 e. The predicted molar refractivity (Wildman–Crippen MR) is 112 cm³/mol. The van der Waals surface area contributed by atoms with E-state index in [0.717, 1.165) is 24.5 Å². The van der Waals surface area contributed by atoms with Gasteiger partial charge in [-0.15, -0.1) is 0 Å². The van der Waals surface area contributed by atoms with Crippen molar-refractivity contribution in [1.82, 2.24) is 5.32 Å². The zero-order chi connectivity index (χ0) is 21.3. The van der Waals surface area contributed by atoms with Crippen molar-refractivity contribution in [2.75, 3.05) is 5.75 Å². The number of hydrogen-bond donors (Lipinski definition) is 2. The highest BCUT2D eigenvalue weighted by atomic mass is 32.2. The van der Waals surface area contributed by atoms with Gasteiger partial charge in [0.05, 0.1) is 21.6 Å². The fourth-order valence-corrected chi connectivity index (χ4v) is 6.75. The van der Waals surface area contributed by atoms with E-state index in [1.54, 1.807) is 0 Å². The van der Waals surface area contributed by atoms with E-state index in [9.17, 15) is 21.4 Å². The van der Waals surface area contributed by atoms with Crippen molar-refractivity contribution in [1.29, 1.82) is 0 Å². The third kappa shape index (κ3) is 4.55. The van der Waals surface area contributed by atoms with Gasteiger partial charge >= 0.3 is 0 Å². The molecule has 8 heteroatoms. The van der Waals surface area contributed by atoms with E-state index in [1.807, 2.05) is 37.3 Å². The van der Waals surface area contributed by atoms with Gasteiger partial charge in [-0.25, -0.2) is 8.42 Å². The molecule has 3 rings (SSSR count). The molecule has 0 aromatic heterocycles. The SMILES string of the molecule is CCCC[C@]1(CC)CS(=O)(=O)c2cc(S(=O)(=O)O)ccc2[C@H](c2ccccc2)N1. The van der Waals surface area contributed by atoms with Crippen LogP contribution in [0, 0.1) is 0 Å². The van der Waals surface area contributed by atoms with Crippen molar-refractivity contribution >= 4 is 20.0 Å². The van der Waals surface area contributed by atoms with Gasteiger partial charge in [-0.2, -0.15) is 8.42 Å². The molecule has 158 valence electrons. The maximum atomic E-state index is 13.4. The summed E-state index contributed by atoms with van der Waals surface area (Å²) in [5.74, 6) is -0.123. The number of nitrogens with one attached hydrogen (secondary N) is 1. The van der Waals surface area contributed by atoms with E-state index < -0.39 is 36.4 Å². The van der Waals surface area contributed by atoms with Gasteiger partial charge in [0.15, 0.2) is 9.84 Å². The maximum Gasteiger partial charge on any atom is 0.294 e. The second kappa shape index (κ2) is 8.18. The third-order valence-corrected chi connectivity index (χ3v) is 8.47. The molecule has 0 saturated carbocycles. The molecule has 2 aromatic rings. The van der Waals surface area contributed by atoms with E-state index in [0.29, 0.717) is 18.4 Å². The van der Waals surface area contributed by atoms with Crippen molar-refractivity contribution in [3.63, 3.8) is 0 Å². The molecule has 0 saturated heterocycles. The highest BCUT2D eigenvalue weighted by Gasteiger charge is 2.42. The second-order valence-corrected chi connectivity index (χ2v) is 11.0. The Morgan fingerprint density at radius 2 is 1.83 bits per heavy atom. The Labute approximate surface area is 173 Å². The van der Waals surface area contributed by atoms with Crippen molar-refractivity contribution in [2.24, 2.45) is 0 Å². The molecular weight excluding hydrogens is 410 g/mol. The first-order valence-corrected chi connectivity index (χ1v) is 12.9. The number of benzene rings is 2. The number of fused-ring (bicyclic) bond motifs is 1. The molecule has 0 amide bonds. The molecule has 0 fully saturated rings. The van der Waals surface area contributed by atoms with E-state index >= 15 is 0 Å². The lowest BCUT2D eigenvalue weighted by atomic mass is 9.88. The van der Waals surface area contributed by atoms with Crippen LogP contribution in [0.1, 0.15) is 56.7 Å². The van der Waals surface area contributed by atoms with Gasteiger partial charge in [-0.05, 0) is 36.1 Å². The van der Waals surface area contributed by atoms with Gasteiger partial charge in [0.1, 0.15) is 0 Å². The largest absolute Gasteiger partial charge is 0.300 e. The van der Waals surface area contributed by atoms with Crippen LogP contribution < -0.4 is 5.32 Å². The van der Waals surface area contributed by atoms with Crippen LogP contribution in [0.3, 0.4) is 0 Å². The van der Waals surface area contributed by atoms with Crippen LogP contribution in [0.15, 0.2) is 58.3 Å². The van der Waals surface area contributed by atoms with Crippen molar-refractivity contribution in [2.45, 2.75) is 60.9 Å². The lowest BCUT2D eigenvalue weighted by molar-refractivity contribution is 0.295. The normalized spacial score (nSPS) is 23.9. The molecule has 2 N–H and O–H groups in total.